The van der Waals surface area contributed by atoms with Crippen LogP contribution in [0.4, 0.5) is 0 Å². The SMILES string of the molecule is CCCCC/C=C\C/C=C\CCCCCCCCNCC(=O)O. The van der Waals surface area contributed by atoms with Crippen molar-refractivity contribution in [2.75, 3.05) is 13.1 Å². The van der Waals surface area contributed by atoms with Gasteiger partial charge >= 0.3 is 5.97 Å². The van der Waals surface area contributed by atoms with E-state index < -0.39 is 5.97 Å². The quantitative estimate of drug-likeness (QED) is 0.275. The van der Waals surface area contributed by atoms with E-state index in [1.807, 2.05) is 0 Å². The van der Waals surface area contributed by atoms with Gasteiger partial charge in [0.1, 0.15) is 0 Å². The Morgan fingerprint density at radius 1 is 0.826 bits per heavy atom. The summed E-state index contributed by atoms with van der Waals surface area (Å²) in [5, 5.41) is 11.4. The van der Waals surface area contributed by atoms with Crippen LogP contribution in [0.25, 0.3) is 0 Å². The summed E-state index contributed by atoms with van der Waals surface area (Å²) in [6.07, 6.45) is 24.1. The van der Waals surface area contributed by atoms with E-state index in [0.29, 0.717) is 0 Å². The van der Waals surface area contributed by atoms with Gasteiger partial charge in [-0.2, -0.15) is 0 Å². The molecule has 0 aliphatic rings. The van der Waals surface area contributed by atoms with E-state index in [4.69, 9.17) is 5.11 Å². The van der Waals surface area contributed by atoms with Crippen LogP contribution in [-0.4, -0.2) is 24.2 Å². The zero-order chi connectivity index (χ0) is 17.0. The maximum absolute atomic E-state index is 10.3. The van der Waals surface area contributed by atoms with E-state index >= 15 is 0 Å². The highest BCUT2D eigenvalue weighted by molar-refractivity contribution is 5.68. The molecule has 0 saturated heterocycles. The Labute approximate surface area is 143 Å². The first-order valence-electron chi connectivity index (χ1n) is 9.50. The molecule has 0 rings (SSSR count). The fourth-order valence-corrected chi connectivity index (χ4v) is 2.43. The molecule has 0 heterocycles. The van der Waals surface area contributed by atoms with Crippen molar-refractivity contribution in [3.8, 4) is 0 Å². The maximum Gasteiger partial charge on any atom is 0.317 e. The lowest BCUT2D eigenvalue weighted by Crippen LogP contribution is -2.23. The number of nitrogens with one attached hydrogen (secondary N) is 1. The summed E-state index contributed by atoms with van der Waals surface area (Å²) in [6.45, 7) is 3.15. The molecule has 134 valence electrons. The van der Waals surface area contributed by atoms with Crippen LogP contribution in [0.3, 0.4) is 0 Å². The van der Waals surface area contributed by atoms with E-state index in [0.717, 1.165) is 19.4 Å². The number of rotatable bonds is 17. The number of allylic oxidation sites excluding steroid dienone is 4. The van der Waals surface area contributed by atoms with Crippen LogP contribution < -0.4 is 5.32 Å². The molecule has 0 radical (unpaired) electrons. The molecule has 0 fully saturated rings. The van der Waals surface area contributed by atoms with Crippen molar-refractivity contribution in [1.29, 1.82) is 0 Å². The monoisotopic (exact) mass is 323 g/mol. The normalized spacial score (nSPS) is 11.7. The molecule has 23 heavy (non-hydrogen) atoms. The first-order chi connectivity index (χ1) is 11.3. The number of aliphatic carboxylic acids is 1. The summed E-state index contributed by atoms with van der Waals surface area (Å²) in [5.41, 5.74) is 0. The Balaban J connectivity index is 3.14. The van der Waals surface area contributed by atoms with Gasteiger partial charge in [-0.05, 0) is 45.1 Å². The highest BCUT2D eigenvalue weighted by atomic mass is 16.4. The number of carbonyl (C=O) groups is 1. The Morgan fingerprint density at radius 3 is 2.00 bits per heavy atom. The van der Waals surface area contributed by atoms with Gasteiger partial charge in [-0.15, -0.1) is 0 Å². The standard InChI is InChI=1S/C20H37NO2/c1-2-3-4-5-6-7-8-9-10-11-12-13-14-15-16-17-18-21-19-20(22)23/h6-7,9-10,21H,2-5,8,11-19H2,1H3,(H,22,23)/b7-6-,10-9-. The molecule has 0 aromatic heterocycles. The Morgan fingerprint density at radius 2 is 1.39 bits per heavy atom. The second kappa shape index (κ2) is 19.0. The van der Waals surface area contributed by atoms with Crippen LogP contribution in [0.15, 0.2) is 24.3 Å². The van der Waals surface area contributed by atoms with Gasteiger partial charge in [0.25, 0.3) is 0 Å². The molecule has 0 aliphatic heterocycles. The first kappa shape index (κ1) is 21.9. The van der Waals surface area contributed by atoms with E-state index in [1.54, 1.807) is 0 Å². The number of carboxylic acids is 1. The molecule has 2 N–H and O–H groups in total. The van der Waals surface area contributed by atoms with Crippen LogP contribution in [0, 0.1) is 0 Å². The molecule has 0 atom stereocenters. The van der Waals surface area contributed by atoms with Crippen LogP contribution in [-0.2, 0) is 4.79 Å². The molecule has 0 unspecified atom stereocenters. The molecular weight excluding hydrogens is 286 g/mol. The molecular formula is C20H37NO2. The van der Waals surface area contributed by atoms with E-state index in [-0.39, 0.29) is 6.54 Å². The van der Waals surface area contributed by atoms with Crippen molar-refractivity contribution in [2.45, 2.75) is 84.0 Å². The molecule has 3 heteroatoms. The van der Waals surface area contributed by atoms with Gasteiger partial charge in [-0.3, -0.25) is 4.79 Å². The molecule has 0 saturated carbocycles. The molecule has 0 bridgehead atoms. The lowest BCUT2D eigenvalue weighted by atomic mass is 10.1. The average molecular weight is 324 g/mol. The van der Waals surface area contributed by atoms with Crippen molar-refractivity contribution in [3.05, 3.63) is 24.3 Å². The topological polar surface area (TPSA) is 49.3 Å². The highest BCUT2D eigenvalue weighted by Gasteiger charge is 1.94. The minimum Gasteiger partial charge on any atom is -0.480 e. The first-order valence-corrected chi connectivity index (χ1v) is 9.50. The maximum atomic E-state index is 10.3. The van der Waals surface area contributed by atoms with Crippen LogP contribution in [0.5, 0.6) is 0 Å². The second-order valence-corrected chi connectivity index (χ2v) is 6.15. The second-order valence-electron chi connectivity index (χ2n) is 6.15. The minimum absolute atomic E-state index is 0.0836. The van der Waals surface area contributed by atoms with Crippen molar-refractivity contribution < 1.29 is 9.90 Å². The number of unbranched alkanes of at least 4 members (excludes halogenated alkanes) is 9. The summed E-state index contributed by atoms with van der Waals surface area (Å²) in [6, 6.07) is 0. The lowest BCUT2D eigenvalue weighted by molar-refractivity contribution is -0.135. The van der Waals surface area contributed by atoms with Gasteiger partial charge in [0.2, 0.25) is 0 Å². The smallest absolute Gasteiger partial charge is 0.317 e. The van der Waals surface area contributed by atoms with Crippen molar-refractivity contribution in [2.24, 2.45) is 0 Å². The summed E-state index contributed by atoms with van der Waals surface area (Å²) in [5.74, 6) is -0.773. The van der Waals surface area contributed by atoms with E-state index in [2.05, 4.69) is 36.5 Å². The number of carboxylic acid groups (broad SMARTS) is 1. The molecule has 3 nitrogen and oxygen atoms in total. The number of hydrogen-bond acceptors (Lipinski definition) is 2. The van der Waals surface area contributed by atoms with Crippen molar-refractivity contribution >= 4 is 5.97 Å². The molecule has 0 aromatic rings. The van der Waals surface area contributed by atoms with Crippen LogP contribution >= 0.6 is 0 Å². The van der Waals surface area contributed by atoms with Gasteiger partial charge in [0, 0.05) is 0 Å². The van der Waals surface area contributed by atoms with Gasteiger partial charge in [-0.25, -0.2) is 0 Å². The third-order valence-corrected chi connectivity index (χ3v) is 3.83. The zero-order valence-corrected chi connectivity index (χ0v) is 15.1. The zero-order valence-electron chi connectivity index (χ0n) is 15.1. The molecule has 0 aromatic carbocycles. The van der Waals surface area contributed by atoms with Gasteiger partial charge in [-0.1, -0.05) is 69.8 Å². The summed E-state index contributed by atoms with van der Waals surface area (Å²) < 4.78 is 0. The Hall–Kier alpha value is -1.09. The van der Waals surface area contributed by atoms with E-state index in [1.165, 1.54) is 64.2 Å². The van der Waals surface area contributed by atoms with Gasteiger partial charge in [0.05, 0.1) is 6.54 Å². The largest absolute Gasteiger partial charge is 0.480 e. The third kappa shape index (κ3) is 20.9. The van der Waals surface area contributed by atoms with Gasteiger partial charge in [0.15, 0.2) is 0 Å². The van der Waals surface area contributed by atoms with Crippen molar-refractivity contribution in [1.82, 2.24) is 5.32 Å². The average Bonchev–Trinajstić information content (AvgIpc) is 2.53. The fourth-order valence-electron chi connectivity index (χ4n) is 2.43. The van der Waals surface area contributed by atoms with Crippen molar-refractivity contribution in [3.63, 3.8) is 0 Å². The van der Waals surface area contributed by atoms with Gasteiger partial charge < -0.3 is 10.4 Å². The molecule has 0 aliphatic carbocycles. The third-order valence-electron chi connectivity index (χ3n) is 3.83. The van der Waals surface area contributed by atoms with Crippen LogP contribution in [0.2, 0.25) is 0 Å². The van der Waals surface area contributed by atoms with Crippen LogP contribution in [0.1, 0.15) is 84.0 Å². The number of hydrogen-bond donors (Lipinski definition) is 2. The van der Waals surface area contributed by atoms with E-state index in [9.17, 15) is 4.79 Å². The lowest BCUT2D eigenvalue weighted by Gasteiger charge is -2.02. The Bertz CT molecular complexity index is 311. The minimum atomic E-state index is -0.773. The predicted octanol–water partition coefficient (Wildman–Crippen LogP) is 5.47. The highest BCUT2D eigenvalue weighted by Crippen LogP contribution is 2.07. The Kier molecular flexibility index (Phi) is 18.1. The summed E-state index contributed by atoms with van der Waals surface area (Å²) >= 11 is 0. The molecule has 0 amide bonds. The fraction of sp³-hybridized carbons (Fsp3) is 0.750. The predicted molar refractivity (Wildman–Crippen MR) is 99.9 cm³/mol. The molecule has 0 spiro atoms. The summed E-state index contributed by atoms with van der Waals surface area (Å²) in [4.78, 5) is 10.3. The summed E-state index contributed by atoms with van der Waals surface area (Å²) in [7, 11) is 0.